The molecule has 1 aromatic carbocycles. The molecule has 0 saturated heterocycles. The summed E-state index contributed by atoms with van der Waals surface area (Å²) in [5, 5.41) is 8.90. The first-order chi connectivity index (χ1) is 11.3. The van der Waals surface area contributed by atoms with Gasteiger partial charge in [0.05, 0.1) is 6.61 Å². The minimum atomic E-state index is -0.230. The van der Waals surface area contributed by atoms with Crippen molar-refractivity contribution in [2.24, 2.45) is 0 Å². The van der Waals surface area contributed by atoms with Crippen molar-refractivity contribution >= 4 is 17.5 Å². The van der Waals surface area contributed by atoms with E-state index < -0.39 is 0 Å². The summed E-state index contributed by atoms with van der Waals surface area (Å²) in [6, 6.07) is 9.28. The first kappa shape index (κ1) is 15.1. The standard InChI is InChI=1S/C17H20N4O2/c1-2-18-16-10-12(6-8-19-16)11-20-17(22)21-14-4-3-5-15-13(14)7-9-23-15/h3-6,8,10H,2,7,9,11H2,1H3,(H,18,19)(H2,20,21,22). The van der Waals surface area contributed by atoms with Crippen molar-refractivity contribution in [1.29, 1.82) is 0 Å². The Balaban J connectivity index is 1.58. The second kappa shape index (κ2) is 7.00. The van der Waals surface area contributed by atoms with E-state index in [-0.39, 0.29) is 6.03 Å². The molecule has 0 fully saturated rings. The zero-order valence-electron chi connectivity index (χ0n) is 13.1. The topological polar surface area (TPSA) is 75.3 Å². The van der Waals surface area contributed by atoms with E-state index in [1.807, 2.05) is 37.3 Å². The molecule has 0 spiro atoms. The van der Waals surface area contributed by atoms with Crippen molar-refractivity contribution in [3.05, 3.63) is 47.7 Å². The lowest BCUT2D eigenvalue weighted by Gasteiger charge is -2.11. The summed E-state index contributed by atoms with van der Waals surface area (Å²) in [6.45, 7) is 3.94. The van der Waals surface area contributed by atoms with Crippen LogP contribution in [0.5, 0.6) is 5.75 Å². The molecule has 6 nitrogen and oxygen atoms in total. The molecule has 0 aliphatic carbocycles. The minimum Gasteiger partial charge on any atom is -0.493 e. The highest BCUT2D eigenvalue weighted by Crippen LogP contribution is 2.31. The van der Waals surface area contributed by atoms with E-state index in [4.69, 9.17) is 4.74 Å². The molecule has 23 heavy (non-hydrogen) atoms. The molecular formula is C17H20N4O2. The van der Waals surface area contributed by atoms with E-state index >= 15 is 0 Å². The third-order valence-electron chi connectivity index (χ3n) is 3.63. The molecule has 1 aliphatic rings. The van der Waals surface area contributed by atoms with E-state index in [1.54, 1.807) is 6.20 Å². The molecule has 0 saturated carbocycles. The number of nitrogens with one attached hydrogen (secondary N) is 3. The summed E-state index contributed by atoms with van der Waals surface area (Å²) in [6.07, 6.45) is 2.55. The van der Waals surface area contributed by atoms with Gasteiger partial charge in [0, 0.05) is 37.0 Å². The molecule has 0 bridgehead atoms. The van der Waals surface area contributed by atoms with Gasteiger partial charge in [-0.2, -0.15) is 0 Å². The number of benzene rings is 1. The van der Waals surface area contributed by atoms with Crippen LogP contribution in [-0.4, -0.2) is 24.2 Å². The fraction of sp³-hybridized carbons (Fsp3) is 0.294. The number of carbonyl (C=O) groups is 1. The Morgan fingerprint density at radius 1 is 1.35 bits per heavy atom. The SMILES string of the molecule is CCNc1cc(CNC(=O)Nc2cccc3c2CCO3)ccn1. The number of urea groups is 1. The maximum absolute atomic E-state index is 12.1. The summed E-state index contributed by atoms with van der Waals surface area (Å²) >= 11 is 0. The van der Waals surface area contributed by atoms with E-state index in [2.05, 4.69) is 20.9 Å². The second-order valence-corrected chi connectivity index (χ2v) is 5.27. The van der Waals surface area contributed by atoms with Gasteiger partial charge in [-0.05, 0) is 36.8 Å². The fourth-order valence-electron chi connectivity index (χ4n) is 2.55. The predicted octanol–water partition coefficient (Wildman–Crippen LogP) is 2.77. The highest BCUT2D eigenvalue weighted by atomic mass is 16.5. The molecule has 3 rings (SSSR count). The van der Waals surface area contributed by atoms with Gasteiger partial charge in [0.25, 0.3) is 0 Å². The summed E-state index contributed by atoms with van der Waals surface area (Å²) in [4.78, 5) is 16.3. The summed E-state index contributed by atoms with van der Waals surface area (Å²) in [7, 11) is 0. The maximum atomic E-state index is 12.1. The number of ether oxygens (including phenoxy) is 1. The number of aromatic nitrogens is 1. The largest absolute Gasteiger partial charge is 0.493 e. The number of anilines is 2. The summed E-state index contributed by atoms with van der Waals surface area (Å²) < 4.78 is 5.50. The summed E-state index contributed by atoms with van der Waals surface area (Å²) in [5.74, 6) is 1.66. The van der Waals surface area contributed by atoms with Crippen LogP contribution in [0.3, 0.4) is 0 Å². The Bertz CT molecular complexity index is 703. The van der Waals surface area contributed by atoms with Crippen LogP contribution in [0.1, 0.15) is 18.1 Å². The van der Waals surface area contributed by atoms with Crippen LogP contribution in [0.4, 0.5) is 16.3 Å². The van der Waals surface area contributed by atoms with Crippen LogP contribution in [-0.2, 0) is 13.0 Å². The van der Waals surface area contributed by atoms with Crippen LogP contribution in [0, 0.1) is 0 Å². The van der Waals surface area contributed by atoms with Crippen molar-refractivity contribution in [2.75, 3.05) is 23.8 Å². The number of fused-ring (bicyclic) bond motifs is 1. The Labute approximate surface area is 135 Å². The Morgan fingerprint density at radius 3 is 3.13 bits per heavy atom. The number of hydrogen-bond acceptors (Lipinski definition) is 4. The van der Waals surface area contributed by atoms with Crippen molar-refractivity contribution < 1.29 is 9.53 Å². The van der Waals surface area contributed by atoms with Gasteiger partial charge in [-0.25, -0.2) is 9.78 Å². The van der Waals surface area contributed by atoms with Crippen LogP contribution in [0.25, 0.3) is 0 Å². The molecule has 2 heterocycles. The van der Waals surface area contributed by atoms with Gasteiger partial charge < -0.3 is 20.7 Å². The Morgan fingerprint density at radius 2 is 2.26 bits per heavy atom. The number of carbonyl (C=O) groups excluding carboxylic acids is 1. The van der Waals surface area contributed by atoms with Crippen LogP contribution in [0.15, 0.2) is 36.5 Å². The number of pyridine rings is 1. The number of amides is 2. The van der Waals surface area contributed by atoms with E-state index in [1.165, 1.54) is 0 Å². The highest BCUT2D eigenvalue weighted by molar-refractivity contribution is 5.90. The molecule has 6 heteroatoms. The monoisotopic (exact) mass is 312 g/mol. The lowest BCUT2D eigenvalue weighted by Crippen LogP contribution is -2.28. The lowest BCUT2D eigenvalue weighted by molar-refractivity contribution is 0.251. The highest BCUT2D eigenvalue weighted by Gasteiger charge is 2.16. The number of hydrogen-bond donors (Lipinski definition) is 3. The van der Waals surface area contributed by atoms with Gasteiger partial charge in [0.2, 0.25) is 0 Å². The van der Waals surface area contributed by atoms with Crippen LogP contribution in [0.2, 0.25) is 0 Å². The molecule has 0 unspecified atom stereocenters. The van der Waals surface area contributed by atoms with E-state index in [9.17, 15) is 4.79 Å². The average Bonchev–Trinajstić information content (AvgIpc) is 3.03. The average molecular weight is 312 g/mol. The third-order valence-corrected chi connectivity index (χ3v) is 3.63. The number of rotatable bonds is 5. The smallest absolute Gasteiger partial charge is 0.319 e. The Kier molecular flexibility index (Phi) is 4.61. The van der Waals surface area contributed by atoms with E-state index in [0.29, 0.717) is 13.2 Å². The molecule has 2 amide bonds. The molecule has 2 aromatic rings. The molecule has 0 atom stereocenters. The van der Waals surface area contributed by atoms with Gasteiger partial charge in [-0.1, -0.05) is 6.07 Å². The fourth-order valence-corrected chi connectivity index (χ4v) is 2.55. The molecular weight excluding hydrogens is 292 g/mol. The molecule has 1 aliphatic heterocycles. The van der Waals surface area contributed by atoms with Gasteiger partial charge in [0.1, 0.15) is 11.6 Å². The Hall–Kier alpha value is -2.76. The van der Waals surface area contributed by atoms with Crippen LogP contribution < -0.4 is 20.7 Å². The first-order valence-electron chi connectivity index (χ1n) is 7.74. The van der Waals surface area contributed by atoms with E-state index in [0.717, 1.165) is 41.3 Å². The van der Waals surface area contributed by atoms with Crippen molar-refractivity contribution in [2.45, 2.75) is 19.9 Å². The zero-order chi connectivity index (χ0) is 16.1. The van der Waals surface area contributed by atoms with Crippen molar-refractivity contribution in [3.63, 3.8) is 0 Å². The molecule has 0 radical (unpaired) electrons. The second-order valence-electron chi connectivity index (χ2n) is 5.27. The van der Waals surface area contributed by atoms with Crippen LogP contribution >= 0.6 is 0 Å². The predicted molar refractivity (Wildman–Crippen MR) is 89.9 cm³/mol. The quantitative estimate of drug-likeness (QED) is 0.793. The lowest BCUT2D eigenvalue weighted by atomic mass is 10.1. The maximum Gasteiger partial charge on any atom is 0.319 e. The molecule has 1 aromatic heterocycles. The third kappa shape index (κ3) is 3.71. The summed E-state index contributed by atoms with van der Waals surface area (Å²) in [5.41, 5.74) is 2.86. The van der Waals surface area contributed by atoms with Gasteiger partial charge in [-0.3, -0.25) is 0 Å². The molecule has 120 valence electrons. The van der Waals surface area contributed by atoms with Crippen molar-refractivity contribution in [3.8, 4) is 5.75 Å². The van der Waals surface area contributed by atoms with Crippen molar-refractivity contribution in [1.82, 2.24) is 10.3 Å². The zero-order valence-corrected chi connectivity index (χ0v) is 13.1. The minimum absolute atomic E-state index is 0.230. The van der Waals surface area contributed by atoms with Gasteiger partial charge in [0.15, 0.2) is 0 Å². The molecule has 3 N–H and O–H groups in total. The normalized spacial score (nSPS) is 12.2. The van der Waals surface area contributed by atoms with Gasteiger partial charge >= 0.3 is 6.03 Å². The van der Waals surface area contributed by atoms with Gasteiger partial charge in [-0.15, -0.1) is 0 Å². The first-order valence-corrected chi connectivity index (χ1v) is 7.74. The number of nitrogens with zero attached hydrogens (tertiary/aromatic N) is 1.